The van der Waals surface area contributed by atoms with Gasteiger partial charge in [-0.05, 0) is 31.4 Å². The number of amides is 1. The molecule has 2 aromatic heterocycles. The summed E-state index contributed by atoms with van der Waals surface area (Å²) in [6, 6.07) is 4.65. The monoisotopic (exact) mass is 432 g/mol. The molecule has 4 rings (SSSR count). The first kappa shape index (κ1) is 20.4. The van der Waals surface area contributed by atoms with Crippen LogP contribution in [0.5, 0.6) is 11.5 Å². The zero-order chi connectivity index (χ0) is 22.0. The van der Waals surface area contributed by atoms with Crippen LogP contribution in [0, 0.1) is 11.3 Å². The molecule has 0 atom stereocenters. The van der Waals surface area contributed by atoms with Crippen molar-refractivity contribution in [1.29, 1.82) is 5.26 Å². The van der Waals surface area contributed by atoms with Crippen molar-refractivity contribution in [2.75, 3.05) is 23.3 Å². The summed E-state index contributed by atoms with van der Waals surface area (Å²) in [5, 5.41) is 15.4. The van der Waals surface area contributed by atoms with Crippen LogP contribution in [0.3, 0.4) is 0 Å². The Morgan fingerprint density at radius 3 is 2.74 bits per heavy atom. The Hall–Kier alpha value is -3.88. The van der Waals surface area contributed by atoms with Crippen LogP contribution in [0.4, 0.5) is 25.4 Å². The summed E-state index contributed by atoms with van der Waals surface area (Å²) < 4.78 is 42.6. The van der Waals surface area contributed by atoms with Crippen LogP contribution in [-0.2, 0) is 7.05 Å². The van der Waals surface area contributed by atoms with Crippen LogP contribution in [0.2, 0.25) is 0 Å². The van der Waals surface area contributed by atoms with Gasteiger partial charge in [0.05, 0.1) is 6.20 Å². The lowest BCUT2D eigenvalue weighted by Crippen LogP contribution is -2.29. The number of nitriles is 1. The quantitative estimate of drug-likeness (QED) is 0.649. The number of carbonyl (C=O) groups is 1. The molecule has 0 unspecified atom stereocenters. The number of oxazole rings is 1. The van der Waals surface area contributed by atoms with Gasteiger partial charge < -0.3 is 18.8 Å². The third kappa shape index (κ3) is 4.20. The van der Waals surface area contributed by atoms with Crippen molar-refractivity contribution in [3.8, 4) is 17.6 Å². The number of aryl methyl sites for hydroxylation is 1. The number of anilines is 2. The Morgan fingerprint density at radius 2 is 2.03 bits per heavy atom. The third-order valence-electron chi connectivity index (χ3n) is 4.78. The first-order valence-corrected chi connectivity index (χ1v) is 9.50. The molecule has 3 aromatic rings. The number of hydrogen-bond donors (Lipinski definition) is 1. The maximum absolute atomic E-state index is 12.8. The first-order valence-electron chi connectivity index (χ1n) is 9.50. The summed E-state index contributed by atoms with van der Waals surface area (Å²) in [5.41, 5.74) is 0.168. The van der Waals surface area contributed by atoms with Gasteiger partial charge in [0.25, 0.3) is 6.01 Å². The van der Waals surface area contributed by atoms with Crippen LogP contribution >= 0.6 is 0 Å². The lowest BCUT2D eigenvalue weighted by molar-refractivity contribution is -0.0489. The minimum Gasteiger partial charge on any atom is -0.432 e. The molecule has 3 heterocycles. The summed E-state index contributed by atoms with van der Waals surface area (Å²) in [7, 11) is 1.55. The summed E-state index contributed by atoms with van der Waals surface area (Å²) >= 11 is 0. The lowest BCUT2D eigenvalue weighted by Gasteiger charge is -2.24. The second-order valence-electron chi connectivity index (χ2n) is 6.82. The molecule has 0 spiro atoms. The standard InChI is InChI=1S/C19H18F2N6O4/c1-26-16(11(9-22)10-23-26)25-19(28)30-13-6-5-12(29-17(20)21)14-15(13)31-18(24-14)27-7-3-2-4-8-27/h5-6,10,17H,2-4,7-8H2,1H3,(H,25,28). The minimum atomic E-state index is -3.05. The van der Waals surface area contributed by atoms with Crippen LogP contribution in [0.25, 0.3) is 11.1 Å². The van der Waals surface area contributed by atoms with Crippen molar-refractivity contribution in [3.63, 3.8) is 0 Å². The summed E-state index contributed by atoms with van der Waals surface area (Å²) in [5.74, 6) is -0.0818. The van der Waals surface area contributed by atoms with Gasteiger partial charge >= 0.3 is 12.7 Å². The molecule has 1 saturated heterocycles. The smallest absolute Gasteiger partial charge is 0.418 e. The number of benzene rings is 1. The number of halogens is 2. The Kier molecular flexibility index (Phi) is 5.57. The number of carbonyl (C=O) groups excluding carboxylic acids is 1. The fraction of sp³-hybridized carbons (Fsp3) is 0.368. The predicted molar refractivity (Wildman–Crippen MR) is 104 cm³/mol. The summed E-state index contributed by atoms with van der Waals surface area (Å²) in [6.07, 6.45) is 3.38. The van der Waals surface area contributed by atoms with Crippen LogP contribution in [-0.4, -0.2) is 40.6 Å². The molecule has 31 heavy (non-hydrogen) atoms. The average Bonchev–Trinajstić information content (AvgIpc) is 3.35. The fourth-order valence-corrected chi connectivity index (χ4v) is 3.33. The highest BCUT2D eigenvalue weighted by Crippen LogP contribution is 2.37. The molecular formula is C19H18F2N6O4. The highest BCUT2D eigenvalue weighted by Gasteiger charge is 2.24. The molecule has 1 aliphatic rings. The van der Waals surface area contributed by atoms with E-state index in [9.17, 15) is 13.6 Å². The van der Waals surface area contributed by atoms with Gasteiger partial charge in [-0.3, -0.25) is 10.00 Å². The second kappa shape index (κ2) is 8.47. The molecule has 0 bridgehead atoms. The van der Waals surface area contributed by atoms with E-state index in [4.69, 9.17) is 14.4 Å². The zero-order valence-electron chi connectivity index (χ0n) is 16.5. The maximum atomic E-state index is 12.8. The lowest BCUT2D eigenvalue weighted by atomic mass is 10.1. The number of ether oxygens (including phenoxy) is 2. The molecule has 0 radical (unpaired) electrons. The van der Waals surface area contributed by atoms with Crippen molar-refractivity contribution >= 4 is 29.0 Å². The van der Waals surface area contributed by atoms with E-state index in [2.05, 4.69) is 20.1 Å². The van der Waals surface area contributed by atoms with Gasteiger partial charge in [0.15, 0.2) is 22.8 Å². The summed E-state index contributed by atoms with van der Waals surface area (Å²) in [4.78, 5) is 18.6. The number of hydrogen-bond acceptors (Lipinski definition) is 8. The fourth-order valence-electron chi connectivity index (χ4n) is 3.33. The van der Waals surface area contributed by atoms with Crippen LogP contribution in [0.15, 0.2) is 22.7 Å². The number of nitrogens with zero attached hydrogens (tertiary/aromatic N) is 5. The van der Waals surface area contributed by atoms with Crippen LogP contribution in [0.1, 0.15) is 24.8 Å². The number of fused-ring (bicyclic) bond motifs is 1. The van der Waals surface area contributed by atoms with Crippen molar-refractivity contribution in [3.05, 3.63) is 23.9 Å². The minimum absolute atomic E-state index is 0.000568. The number of alkyl halides is 2. The molecular weight excluding hydrogens is 414 g/mol. The normalized spacial score (nSPS) is 14.0. The molecule has 12 heteroatoms. The van der Waals surface area contributed by atoms with E-state index < -0.39 is 12.7 Å². The molecule has 1 aliphatic heterocycles. The second-order valence-corrected chi connectivity index (χ2v) is 6.82. The largest absolute Gasteiger partial charge is 0.432 e. The van der Waals surface area contributed by atoms with E-state index in [0.29, 0.717) is 13.1 Å². The number of piperidine rings is 1. The Bertz CT molecular complexity index is 1150. The van der Waals surface area contributed by atoms with E-state index >= 15 is 0 Å². The highest BCUT2D eigenvalue weighted by atomic mass is 19.3. The molecule has 0 aliphatic carbocycles. The molecule has 0 saturated carbocycles. The van der Waals surface area contributed by atoms with Crippen molar-refractivity contribution in [2.24, 2.45) is 7.05 Å². The predicted octanol–water partition coefficient (Wildman–Crippen LogP) is 3.64. The molecule has 1 fully saturated rings. The molecule has 162 valence electrons. The Labute approximate surface area is 174 Å². The van der Waals surface area contributed by atoms with E-state index in [1.165, 1.54) is 23.0 Å². The van der Waals surface area contributed by atoms with Crippen molar-refractivity contribution in [1.82, 2.24) is 14.8 Å². The van der Waals surface area contributed by atoms with Crippen molar-refractivity contribution in [2.45, 2.75) is 25.9 Å². The van der Waals surface area contributed by atoms with E-state index in [1.54, 1.807) is 7.05 Å². The molecule has 1 aromatic carbocycles. The van der Waals surface area contributed by atoms with Gasteiger partial charge in [0, 0.05) is 20.1 Å². The Balaban J connectivity index is 1.65. The van der Waals surface area contributed by atoms with E-state index in [1.807, 2.05) is 11.0 Å². The highest BCUT2D eigenvalue weighted by molar-refractivity contribution is 5.92. The van der Waals surface area contributed by atoms with Gasteiger partial charge in [-0.2, -0.15) is 24.1 Å². The Morgan fingerprint density at radius 1 is 1.29 bits per heavy atom. The van der Waals surface area contributed by atoms with Gasteiger partial charge in [0.2, 0.25) is 5.58 Å². The van der Waals surface area contributed by atoms with Crippen molar-refractivity contribution < 1.29 is 27.5 Å². The van der Waals surface area contributed by atoms with Crippen LogP contribution < -0.4 is 19.7 Å². The van der Waals surface area contributed by atoms with Gasteiger partial charge in [0.1, 0.15) is 11.6 Å². The van der Waals surface area contributed by atoms with E-state index in [-0.39, 0.29) is 40.0 Å². The molecule has 1 N–H and O–H groups in total. The van der Waals surface area contributed by atoms with Gasteiger partial charge in [-0.15, -0.1) is 0 Å². The van der Waals surface area contributed by atoms with Gasteiger partial charge in [-0.25, -0.2) is 4.79 Å². The average molecular weight is 432 g/mol. The SMILES string of the molecule is Cn1ncc(C#N)c1NC(=O)Oc1ccc(OC(F)F)c2nc(N3CCCCC3)oc12. The zero-order valence-corrected chi connectivity index (χ0v) is 16.5. The first-order chi connectivity index (χ1) is 15.0. The summed E-state index contributed by atoms with van der Waals surface area (Å²) in [6.45, 7) is -1.62. The number of nitrogens with one attached hydrogen (secondary N) is 1. The number of aromatic nitrogens is 3. The van der Waals surface area contributed by atoms with Gasteiger partial charge in [-0.1, -0.05) is 0 Å². The topological polar surface area (TPSA) is 118 Å². The molecule has 10 nitrogen and oxygen atoms in total. The molecule has 1 amide bonds. The third-order valence-corrected chi connectivity index (χ3v) is 4.78. The maximum Gasteiger partial charge on any atom is 0.418 e. The van der Waals surface area contributed by atoms with E-state index in [0.717, 1.165) is 19.3 Å². The number of rotatable bonds is 5.